The predicted molar refractivity (Wildman–Crippen MR) is 66.7 cm³/mol. The summed E-state index contributed by atoms with van der Waals surface area (Å²) in [6.45, 7) is 1.40. The molecule has 96 valence electrons. The number of phenolic OH excluding ortho intramolecular Hbond substituents is 1. The van der Waals surface area contributed by atoms with Crippen LogP contribution in [0.5, 0.6) is 5.75 Å². The van der Waals surface area contributed by atoms with Crippen LogP contribution in [0.15, 0.2) is 23.2 Å². The van der Waals surface area contributed by atoms with Gasteiger partial charge in [0.1, 0.15) is 11.6 Å². The Labute approximate surface area is 105 Å². The highest BCUT2D eigenvalue weighted by molar-refractivity contribution is 5.80. The third-order valence-corrected chi connectivity index (χ3v) is 3.54. The van der Waals surface area contributed by atoms with Gasteiger partial charge in [-0.1, -0.05) is 0 Å². The smallest absolute Gasteiger partial charge is 0.191 e. The van der Waals surface area contributed by atoms with E-state index in [-0.39, 0.29) is 11.8 Å². The minimum atomic E-state index is -0.429. The largest absolute Gasteiger partial charge is 0.508 e. The van der Waals surface area contributed by atoms with Gasteiger partial charge in [0, 0.05) is 12.6 Å². The molecule has 1 aromatic rings. The molecule has 3 N–H and O–H groups in total. The Morgan fingerprint density at radius 2 is 2.17 bits per heavy atom. The molecule has 1 atom stereocenters. The van der Waals surface area contributed by atoms with E-state index in [2.05, 4.69) is 4.99 Å². The van der Waals surface area contributed by atoms with Gasteiger partial charge in [0.2, 0.25) is 0 Å². The molecule has 18 heavy (non-hydrogen) atoms. The van der Waals surface area contributed by atoms with E-state index in [1.165, 1.54) is 18.9 Å². The van der Waals surface area contributed by atoms with Crippen molar-refractivity contribution in [2.75, 3.05) is 13.1 Å². The first-order valence-electron chi connectivity index (χ1n) is 6.19. The van der Waals surface area contributed by atoms with Gasteiger partial charge in [-0.05, 0) is 36.5 Å². The van der Waals surface area contributed by atoms with Crippen LogP contribution in [0, 0.1) is 11.7 Å². The number of guanidine groups is 1. The number of aliphatic imine (C=N–C) groups is 1. The van der Waals surface area contributed by atoms with Gasteiger partial charge in [-0.25, -0.2) is 4.39 Å². The van der Waals surface area contributed by atoms with Crippen LogP contribution in [0.1, 0.15) is 24.4 Å². The fraction of sp³-hybridized carbons (Fsp3) is 0.462. The van der Waals surface area contributed by atoms with Crippen molar-refractivity contribution in [2.24, 2.45) is 16.6 Å². The molecule has 0 radical (unpaired) electrons. The Balaban J connectivity index is 1.85. The van der Waals surface area contributed by atoms with E-state index in [9.17, 15) is 9.50 Å². The monoisotopic (exact) mass is 249 g/mol. The molecule has 3 rings (SSSR count). The number of nitrogens with two attached hydrogens (primary N) is 1. The fourth-order valence-corrected chi connectivity index (χ4v) is 2.40. The molecule has 0 bridgehead atoms. The summed E-state index contributed by atoms with van der Waals surface area (Å²) in [5.74, 6) is 0.723. The molecule has 0 saturated heterocycles. The Morgan fingerprint density at radius 1 is 1.39 bits per heavy atom. The van der Waals surface area contributed by atoms with Crippen LogP contribution in [0.4, 0.5) is 4.39 Å². The molecule has 1 aliphatic carbocycles. The number of aromatic hydroxyl groups is 1. The number of benzene rings is 1. The van der Waals surface area contributed by atoms with Crippen LogP contribution >= 0.6 is 0 Å². The number of hydrogen-bond acceptors (Lipinski definition) is 4. The summed E-state index contributed by atoms with van der Waals surface area (Å²) in [5.41, 5.74) is 6.61. The Hall–Kier alpha value is -1.78. The summed E-state index contributed by atoms with van der Waals surface area (Å²) in [6, 6.07) is 4.08. The van der Waals surface area contributed by atoms with Crippen LogP contribution < -0.4 is 5.73 Å². The molecule has 1 fully saturated rings. The zero-order valence-electron chi connectivity index (χ0n) is 10.0. The zero-order valence-corrected chi connectivity index (χ0v) is 10.0. The van der Waals surface area contributed by atoms with Crippen molar-refractivity contribution in [3.8, 4) is 5.75 Å². The molecular weight excluding hydrogens is 233 g/mol. The average Bonchev–Trinajstić information content (AvgIpc) is 3.03. The molecule has 0 aromatic heterocycles. The molecular formula is C13H16FN3O. The van der Waals surface area contributed by atoms with Crippen molar-refractivity contribution in [1.82, 2.24) is 4.90 Å². The quantitative estimate of drug-likeness (QED) is 0.855. The second-order valence-corrected chi connectivity index (χ2v) is 5.05. The van der Waals surface area contributed by atoms with Gasteiger partial charge in [0.25, 0.3) is 0 Å². The minimum absolute atomic E-state index is 0.0489. The first-order valence-corrected chi connectivity index (χ1v) is 6.19. The topological polar surface area (TPSA) is 61.9 Å². The van der Waals surface area contributed by atoms with Crippen LogP contribution in [-0.4, -0.2) is 29.1 Å². The van der Waals surface area contributed by atoms with Gasteiger partial charge in [0.05, 0.1) is 12.6 Å². The predicted octanol–water partition coefficient (Wildman–Crippen LogP) is 1.61. The highest BCUT2D eigenvalue weighted by Crippen LogP contribution is 2.35. The fourth-order valence-electron chi connectivity index (χ4n) is 2.40. The van der Waals surface area contributed by atoms with E-state index < -0.39 is 5.82 Å². The molecule has 1 heterocycles. The third-order valence-electron chi connectivity index (χ3n) is 3.54. The number of hydrogen-bond donors (Lipinski definition) is 2. The first-order chi connectivity index (χ1) is 8.63. The summed E-state index contributed by atoms with van der Waals surface area (Å²) in [4.78, 5) is 6.25. The van der Waals surface area contributed by atoms with Crippen LogP contribution in [0.25, 0.3) is 0 Å². The molecule has 1 aromatic carbocycles. The molecule has 0 amide bonds. The number of nitrogens with zero attached hydrogens (tertiary/aromatic N) is 2. The molecule has 5 heteroatoms. The lowest BCUT2D eigenvalue weighted by molar-refractivity contribution is 0.331. The van der Waals surface area contributed by atoms with Crippen molar-refractivity contribution in [3.63, 3.8) is 0 Å². The maximum atomic E-state index is 13.3. The Morgan fingerprint density at radius 3 is 2.83 bits per heavy atom. The highest BCUT2D eigenvalue weighted by Gasteiger charge is 2.33. The van der Waals surface area contributed by atoms with Crippen molar-refractivity contribution in [3.05, 3.63) is 29.6 Å². The second-order valence-electron chi connectivity index (χ2n) is 5.05. The van der Waals surface area contributed by atoms with Gasteiger partial charge < -0.3 is 15.7 Å². The van der Waals surface area contributed by atoms with E-state index in [1.807, 2.05) is 4.90 Å². The summed E-state index contributed by atoms with van der Waals surface area (Å²) in [5, 5.41) is 9.47. The second kappa shape index (κ2) is 4.15. The number of phenols is 1. The van der Waals surface area contributed by atoms with Crippen molar-refractivity contribution < 1.29 is 9.50 Å². The van der Waals surface area contributed by atoms with Gasteiger partial charge in [-0.15, -0.1) is 0 Å². The normalized spacial score (nSPS) is 23.3. The summed E-state index contributed by atoms with van der Waals surface area (Å²) < 4.78 is 13.3. The van der Waals surface area contributed by atoms with Crippen molar-refractivity contribution >= 4 is 5.96 Å². The molecule has 4 nitrogen and oxygen atoms in total. The lowest BCUT2D eigenvalue weighted by Crippen LogP contribution is -2.37. The van der Waals surface area contributed by atoms with E-state index in [1.54, 1.807) is 6.07 Å². The molecule has 1 saturated carbocycles. The minimum Gasteiger partial charge on any atom is -0.508 e. The molecule has 1 aliphatic heterocycles. The van der Waals surface area contributed by atoms with E-state index in [0.717, 1.165) is 18.2 Å². The van der Waals surface area contributed by atoms with Gasteiger partial charge in [0.15, 0.2) is 5.96 Å². The van der Waals surface area contributed by atoms with Crippen molar-refractivity contribution in [1.29, 1.82) is 0 Å². The summed E-state index contributed by atoms with van der Waals surface area (Å²) >= 11 is 0. The Bertz CT molecular complexity index is 479. The third kappa shape index (κ3) is 2.12. The van der Waals surface area contributed by atoms with Gasteiger partial charge in [-0.2, -0.15) is 0 Å². The molecule has 1 unspecified atom stereocenters. The lowest BCUT2D eigenvalue weighted by atomic mass is 10.1. The number of halogens is 1. The maximum absolute atomic E-state index is 13.3. The standard InChI is InChI=1S/C13H16FN3O/c14-10-3-9(4-11(18)5-10)12-6-16-13(15)17(12)7-8-1-2-8/h3-5,8,12,18H,1-2,6-7H2,(H2,15,16). The van der Waals surface area contributed by atoms with Crippen LogP contribution in [0.2, 0.25) is 0 Å². The first kappa shape index (κ1) is 11.3. The van der Waals surface area contributed by atoms with Gasteiger partial charge >= 0.3 is 0 Å². The SMILES string of the molecule is NC1=NCC(c2cc(O)cc(F)c2)N1CC1CC1. The Kier molecular flexibility index (Phi) is 2.61. The molecule has 2 aliphatic rings. The summed E-state index contributed by atoms with van der Waals surface area (Å²) in [7, 11) is 0. The van der Waals surface area contributed by atoms with E-state index >= 15 is 0 Å². The maximum Gasteiger partial charge on any atom is 0.191 e. The van der Waals surface area contributed by atoms with E-state index in [0.29, 0.717) is 18.4 Å². The van der Waals surface area contributed by atoms with E-state index in [4.69, 9.17) is 5.73 Å². The van der Waals surface area contributed by atoms with Crippen LogP contribution in [0.3, 0.4) is 0 Å². The summed E-state index contributed by atoms with van der Waals surface area (Å²) in [6.07, 6.45) is 2.45. The van der Waals surface area contributed by atoms with Gasteiger partial charge in [-0.3, -0.25) is 4.99 Å². The lowest BCUT2D eigenvalue weighted by Gasteiger charge is -2.26. The number of rotatable bonds is 3. The average molecular weight is 249 g/mol. The zero-order chi connectivity index (χ0) is 12.7. The van der Waals surface area contributed by atoms with Crippen molar-refractivity contribution in [2.45, 2.75) is 18.9 Å². The molecule has 0 spiro atoms. The van der Waals surface area contributed by atoms with Crippen LogP contribution in [-0.2, 0) is 0 Å². The highest BCUT2D eigenvalue weighted by atomic mass is 19.1.